The summed E-state index contributed by atoms with van der Waals surface area (Å²) in [6.45, 7) is 3.15. The highest BCUT2D eigenvalue weighted by atomic mass is 32.1. The number of nitrogens with one attached hydrogen (secondary N) is 1. The number of hydrogen-bond acceptors (Lipinski definition) is 5. The van der Waals surface area contributed by atoms with Crippen molar-refractivity contribution in [1.29, 1.82) is 0 Å². The minimum Gasteiger partial charge on any atom is -0.298 e. The fourth-order valence-electron chi connectivity index (χ4n) is 3.86. The summed E-state index contributed by atoms with van der Waals surface area (Å²) in [5.74, 6) is 1.05. The Hall–Kier alpha value is -1.50. The standard InChI is InChI=1S/C16H16FN3OS/c17-12-3-1-2-10-8-13(22-14(10)12)15-18-16(21-19-15)9-20-6-4-11(16)5-7-20/h1-3,8,11H,4-7,9H2,(H,18,19)/t16-/m0/s1. The molecule has 0 radical (unpaired) electrons. The minimum atomic E-state index is -0.444. The Balaban J connectivity index is 1.55. The van der Waals surface area contributed by atoms with Crippen molar-refractivity contribution in [2.24, 2.45) is 10.9 Å². The van der Waals surface area contributed by atoms with Gasteiger partial charge in [0.05, 0.1) is 16.1 Å². The number of halogens is 1. The van der Waals surface area contributed by atoms with Gasteiger partial charge in [-0.3, -0.25) is 4.90 Å². The molecule has 4 aliphatic rings. The monoisotopic (exact) mass is 317 g/mol. The molecule has 3 fully saturated rings. The summed E-state index contributed by atoms with van der Waals surface area (Å²) < 4.78 is 14.5. The normalized spacial score (nSPS) is 33.4. The Kier molecular flexibility index (Phi) is 2.66. The van der Waals surface area contributed by atoms with Crippen molar-refractivity contribution in [1.82, 2.24) is 10.4 Å². The molecule has 6 rings (SSSR count). The highest BCUT2D eigenvalue weighted by molar-refractivity contribution is 7.20. The smallest absolute Gasteiger partial charge is 0.202 e. The average molecular weight is 317 g/mol. The second-order valence-electron chi connectivity index (χ2n) is 6.33. The number of thiophene rings is 1. The second-order valence-corrected chi connectivity index (χ2v) is 7.38. The van der Waals surface area contributed by atoms with Gasteiger partial charge in [-0.05, 0) is 43.5 Å². The van der Waals surface area contributed by atoms with E-state index in [-0.39, 0.29) is 5.82 Å². The van der Waals surface area contributed by atoms with Crippen LogP contribution in [-0.2, 0) is 4.84 Å². The predicted octanol–water partition coefficient (Wildman–Crippen LogP) is 2.74. The third kappa shape index (κ3) is 1.77. The van der Waals surface area contributed by atoms with E-state index in [1.807, 2.05) is 12.1 Å². The van der Waals surface area contributed by atoms with Crippen LogP contribution in [0.25, 0.3) is 10.1 Å². The van der Waals surface area contributed by atoms with Crippen molar-refractivity contribution >= 4 is 27.3 Å². The van der Waals surface area contributed by atoms with Crippen molar-refractivity contribution in [3.63, 3.8) is 0 Å². The van der Waals surface area contributed by atoms with Crippen molar-refractivity contribution in [3.05, 3.63) is 35.0 Å². The number of hydroxylamine groups is 1. The maximum Gasteiger partial charge on any atom is 0.202 e. The summed E-state index contributed by atoms with van der Waals surface area (Å²) in [5, 5.41) is 0.916. The molecule has 4 nitrogen and oxygen atoms in total. The molecule has 4 aliphatic heterocycles. The van der Waals surface area contributed by atoms with E-state index in [1.165, 1.54) is 17.4 Å². The topological polar surface area (TPSA) is 36.9 Å². The van der Waals surface area contributed by atoms with Crippen LogP contribution in [0.3, 0.4) is 0 Å². The summed E-state index contributed by atoms with van der Waals surface area (Å²) in [6, 6.07) is 7.15. The number of benzene rings is 1. The molecule has 2 bridgehead atoms. The molecule has 0 saturated carbocycles. The van der Waals surface area contributed by atoms with Crippen LogP contribution in [0.1, 0.15) is 17.7 Å². The molecule has 6 heteroatoms. The first-order valence-electron chi connectivity index (χ1n) is 7.68. The van der Waals surface area contributed by atoms with E-state index in [2.05, 4.69) is 10.4 Å². The van der Waals surface area contributed by atoms with E-state index >= 15 is 0 Å². The SMILES string of the molecule is Fc1cccc2cc(C3=N[C@@]4(CN5CCC4CC5)ON3)sc12. The lowest BCUT2D eigenvalue weighted by Gasteiger charge is -2.47. The van der Waals surface area contributed by atoms with Crippen LogP contribution in [0.2, 0.25) is 0 Å². The van der Waals surface area contributed by atoms with Gasteiger partial charge in [0.25, 0.3) is 0 Å². The molecular weight excluding hydrogens is 301 g/mol. The number of hydrogen-bond donors (Lipinski definition) is 1. The van der Waals surface area contributed by atoms with Crippen molar-refractivity contribution < 1.29 is 9.23 Å². The van der Waals surface area contributed by atoms with Gasteiger partial charge in [0.15, 0.2) is 5.84 Å². The van der Waals surface area contributed by atoms with Gasteiger partial charge < -0.3 is 0 Å². The van der Waals surface area contributed by atoms with Gasteiger partial charge in [0, 0.05) is 5.92 Å². The molecule has 3 saturated heterocycles. The fraction of sp³-hybridized carbons (Fsp3) is 0.438. The number of rotatable bonds is 1. The molecule has 5 heterocycles. The van der Waals surface area contributed by atoms with Crippen molar-refractivity contribution in [2.45, 2.75) is 18.6 Å². The molecular formula is C16H16FN3OS. The van der Waals surface area contributed by atoms with Crippen LogP contribution in [0, 0.1) is 11.7 Å². The summed E-state index contributed by atoms with van der Waals surface area (Å²) in [7, 11) is 0. The summed E-state index contributed by atoms with van der Waals surface area (Å²) in [6.07, 6.45) is 2.28. The van der Waals surface area contributed by atoms with Gasteiger partial charge in [0.2, 0.25) is 5.72 Å². The molecule has 1 aromatic heterocycles. The third-order valence-corrected chi connectivity index (χ3v) is 6.20. The predicted molar refractivity (Wildman–Crippen MR) is 84.4 cm³/mol. The summed E-state index contributed by atoms with van der Waals surface area (Å²) in [4.78, 5) is 14.2. The Morgan fingerprint density at radius 1 is 1.36 bits per heavy atom. The Labute approximate surface area is 131 Å². The zero-order valence-corrected chi connectivity index (χ0v) is 12.8. The zero-order valence-electron chi connectivity index (χ0n) is 12.0. The molecule has 0 unspecified atom stereocenters. The van der Waals surface area contributed by atoms with Crippen LogP contribution in [0.5, 0.6) is 0 Å². The van der Waals surface area contributed by atoms with Gasteiger partial charge in [0.1, 0.15) is 5.82 Å². The fourth-order valence-corrected chi connectivity index (χ4v) is 4.86. The number of aliphatic imine (C=N–C) groups is 1. The van der Waals surface area contributed by atoms with E-state index in [0.29, 0.717) is 10.6 Å². The van der Waals surface area contributed by atoms with Gasteiger partial charge in [-0.1, -0.05) is 12.1 Å². The van der Waals surface area contributed by atoms with Crippen LogP contribution in [0.4, 0.5) is 4.39 Å². The Morgan fingerprint density at radius 2 is 2.23 bits per heavy atom. The lowest BCUT2D eigenvalue weighted by atomic mass is 9.81. The summed E-state index contributed by atoms with van der Waals surface area (Å²) >= 11 is 1.43. The van der Waals surface area contributed by atoms with E-state index in [1.54, 1.807) is 6.07 Å². The highest BCUT2D eigenvalue weighted by Crippen LogP contribution is 2.41. The van der Waals surface area contributed by atoms with Gasteiger partial charge in [-0.2, -0.15) is 0 Å². The van der Waals surface area contributed by atoms with Crippen LogP contribution >= 0.6 is 11.3 Å². The van der Waals surface area contributed by atoms with Crippen LogP contribution in [-0.4, -0.2) is 36.1 Å². The molecule has 1 spiro atoms. The first-order chi connectivity index (χ1) is 10.7. The van der Waals surface area contributed by atoms with E-state index in [0.717, 1.165) is 48.6 Å². The maximum absolute atomic E-state index is 13.9. The molecule has 114 valence electrons. The molecule has 0 aliphatic carbocycles. The lowest BCUT2D eigenvalue weighted by Crippen LogP contribution is -2.58. The van der Waals surface area contributed by atoms with Gasteiger partial charge in [-0.25, -0.2) is 19.7 Å². The van der Waals surface area contributed by atoms with E-state index in [9.17, 15) is 4.39 Å². The maximum atomic E-state index is 13.9. The van der Waals surface area contributed by atoms with Gasteiger partial charge >= 0.3 is 0 Å². The minimum absolute atomic E-state index is 0.175. The molecule has 1 aromatic carbocycles. The molecule has 0 amide bonds. The molecule has 22 heavy (non-hydrogen) atoms. The Bertz CT molecular complexity index is 781. The largest absolute Gasteiger partial charge is 0.298 e. The first-order valence-corrected chi connectivity index (χ1v) is 8.50. The van der Waals surface area contributed by atoms with E-state index in [4.69, 9.17) is 9.83 Å². The third-order valence-electron chi connectivity index (χ3n) is 5.03. The number of fused-ring (bicyclic) bond motifs is 3. The highest BCUT2D eigenvalue weighted by Gasteiger charge is 2.51. The summed E-state index contributed by atoms with van der Waals surface area (Å²) in [5.41, 5.74) is 2.57. The lowest BCUT2D eigenvalue weighted by molar-refractivity contribution is -0.155. The number of amidine groups is 1. The molecule has 1 atom stereocenters. The van der Waals surface area contributed by atoms with Crippen LogP contribution in [0.15, 0.2) is 29.3 Å². The average Bonchev–Trinajstić information content (AvgIpc) is 3.14. The first kappa shape index (κ1) is 13.0. The second kappa shape index (κ2) is 4.50. The quantitative estimate of drug-likeness (QED) is 0.879. The molecule has 1 N–H and O–H groups in total. The Morgan fingerprint density at radius 3 is 2.95 bits per heavy atom. The van der Waals surface area contributed by atoms with Crippen molar-refractivity contribution in [2.75, 3.05) is 19.6 Å². The molecule has 2 aromatic rings. The van der Waals surface area contributed by atoms with Crippen molar-refractivity contribution in [3.8, 4) is 0 Å². The van der Waals surface area contributed by atoms with E-state index < -0.39 is 5.72 Å². The van der Waals surface area contributed by atoms with Crippen LogP contribution < -0.4 is 5.48 Å². The number of nitrogens with zero attached hydrogens (tertiary/aromatic N) is 2. The van der Waals surface area contributed by atoms with Gasteiger partial charge in [-0.15, -0.1) is 11.3 Å². The number of piperidine rings is 3. The zero-order chi connectivity index (χ0) is 14.7.